The zero-order valence-corrected chi connectivity index (χ0v) is 10.3. The van der Waals surface area contributed by atoms with E-state index in [0.29, 0.717) is 5.56 Å². The molecule has 0 radical (unpaired) electrons. The summed E-state index contributed by atoms with van der Waals surface area (Å²) < 4.78 is 12.8. The molecule has 2 rings (SSSR count). The standard InChI is InChI=1S/C13H14FNOS/c1-9(15-8-11-3-2-6-17-11)12-5-4-10(14)7-13(12)16/h2-7,9,15-16H,8H2,1H3. The number of nitrogens with one attached hydrogen (secondary N) is 1. The van der Waals surface area contributed by atoms with Crippen molar-refractivity contribution in [3.63, 3.8) is 0 Å². The highest BCUT2D eigenvalue weighted by Crippen LogP contribution is 2.25. The number of phenols is 1. The summed E-state index contributed by atoms with van der Waals surface area (Å²) in [5.74, 6) is -0.423. The first-order valence-electron chi connectivity index (χ1n) is 5.41. The first-order chi connectivity index (χ1) is 8.16. The molecule has 1 aromatic carbocycles. The Labute approximate surface area is 104 Å². The molecular weight excluding hydrogens is 237 g/mol. The second-order valence-corrected chi connectivity index (χ2v) is 4.92. The molecule has 1 aromatic heterocycles. The predicted octanol–water partition coefficient (Wildman–Crippen LogP) is 3.44. The largest absolute Gasteiger partial charge is 0.508 e. The van der Waals surface area contributed by atoms with Crippen molar-refractivity contribution in [1.82, 2.24) is 5.32 Å². The van der Waals surface area contributed by atoms with Crippen LogP contribution in [0.3, 0.4) is 0 Å². The van der Waals surface area contributed by atoms with Crippen LogP contribution >= 0.6 is 11.3 Å². The van der Waals surface area contributed by atoms with Crippen molar-refractivity contribution >= 4 is 11.3 Å². The predicted molar refractivity (Wildman–Crippen MR) is 67.6 cm³/mol. The summed E-state index contributed by atoms with van der Waals surface area (Å²) in [4.78, 5) is 1.23. The molecule has 2 N–H and O–H groups in total. The summed E-state index contributed by atoms with van der Waals surface area (Å²) in [7, 11) is 0. The number of aromatic hydroxyl groups is 1. The summed E-state index contributed by atoms with van der Waals surface area (Å²) in [5, 5.41) is 15.0. The Hall–Kier alpha value is -1.39. The van der Waals surface area contributed by atoms with Crippen LogP contribution in [-0.4, -0.2) is 5.11 Å². The molecule has 0 fully saturated rings. The van der Waals surface area contributed by atoms with Gasteiger partial charge in [0, 0.05) is 29.1 Å². The lowest BCUT2D eigenvalue weighted by molar-refractivity contribution is 0.447. The highest BCUT2D eigenvalue weighted by molar-refractivity contribution is 7.09. The van der Waals surface area contributed by atoms with Gasteiger partial charge in [-0.3, -0.25) is 0 Å². The molecular formula is C13H14FNOS. The van der Waals surface area contributed by atoms with Gasteiger partial charge in [0.15, 0.2) is 0 Å². The molecule has 4 heteroatoms. The molecule has 0 aliphatic carbocycles. The molecule has 17 heavy (non-hydrogen) atoms. The minimum Gasteiger partial charge on any atom is -0.508 e. The van der Waals surface area contributed by atoms with Crippen molar-refractivity contribution in [2.75, 3.05) is 0 Å². The van der Waals surface area contributed by atoms with Gasteiger partial charge in [0.2, 0.25) is 0 Å². The van der Waals surface area contributed by atoms with Crippen molar-refractivity contribution in [2.45, 2.75) is 19.5 Å². The molecule has 0 amide bonds. The van der Waals surface area contributed by atoms with Crippen molar-refractivity contribution in [1.29, 1.82) is 0 Å². The van der Waals surface area contributed by atoms with E-state index in [1.807, 2.05) is 18.4 Å². The molecule has 0 saturated carbocycles. The second kappa shape index (κ2) is 5.29. The maximum absolute atomic E-state index is 12.8. The number of rotatable bonds is 4. The van der Waals surface area contributed by atoms with Crippen LogP contribution in [0.2, 0.25) is 0 Å². The lowest BCUT2D eigenvalue weighted by Crippen LogP contribution is -2.17. The highest BCUT2D eigenvalue weighted by atomic mass is 32.1. The van der Waals surface area contributed by atoms with Gasteiger partial charge >= 0.3 is 0 Å². The SMILES string of the molecule is CC(NCc1cccs1)c1ccc(F)cc1O. The zero-order chi connectivity index (χ0) is 12.3. The third kappa shape index (κ3) is 3.05. The van der Waals surface area contributed by atoms with Crippen LogP contribution in [0.5, 0.6) is 5.75 Å². The van der Waals surface area contributed by atoms with Gasteiger partial charge in [0.05, 0.1) is 0 Å². The van der Waals surface area contributed by atoms with Crippen LogP contribution in [0.25, 0.3) is 0 Å². The van der Waals surface area contributed by atoms with E-state index in [1.54, 1.807) is 17.4 Å². The van der Waals surface area contributed by atoms with Crippen molar-refractivity contribution < 1.29 is 9.50 Å². The number of thiophene rings is 1. The number of phenolic OH excluding ortho intramolecular Hbond substituents is 1. The number of hydrogen-bond donors (Lipinski definition) is 2. The molecule has 0 aliphatic rings. The monoisotopic (exact) mass is 251 g/mol. The Kier molecular flexibility index (Phi) is 3.76. The van der Waals surface area contributed by atoms with Gasteiger partial charge in [0.25, 0.3) is 0 Å². The maximum Gasteiger partial charge on any atom is 0.126 e. The van der Waals surface area contributed by atoms with E-state index in [2.05, 4.69) is 11.4 Å². The molecule has 90 valence electrons. The molecule has 2 aromatic rings. The minimum atomic E-state index is -0.420. The van der Waals surface area contributed by atoms with Crippen LogP contribution in [0.1, 0.15) is 23.4 Å². The fraction of sp³-hybridized carbons (Fsp3) is 0.231. The summed E-state index contributed by atoms with van der Waals surface area (Å²) in [6.07, 6.45) is 0. The van der Waals surface area contributed by atoms with E-state index < -0.39 is 5.82 Å². The zero-order valence-electron chi connectivity index (χ0n) is 9.48. The summed E-state index contributed by atoms with van der Waals surface area (Å²) in [6, 6.07) is 8.14. The van der Waals surface area contributed by atoms with Gasteiger partial charge < -0.3 is 10.4 Å². The van der Waals surface area contributed by atoms with E-state index in [-0.39, 0.29) is 11.8 Å². The molecule has 2 nitrogen and oxygen atoms in total. The Morgan fingerprint density at radius 2 is 2.24 bits per heavy atom. The average Bonchev–Trinajstić information content (AvgIpc) is 2.78. The summed E-state index contributed by atoms with van der Waals surface area (Å²) in [5.41, 5.74) is 0.711. The second-order valence-electron chi connectivity index (χ2n) is 3.89. The van der Waals surface area contributed by atoms with Crippen molar-refractivity contribution in [3.8, 4) is 5.75 Å². The van der Waals surface area contributed by atoms with Gasteiger partial charge in [-0.05, 0) is 24.4 Å². The molecule has 0 aliphatic heterocycles. The first-order valence-corrected chi connectivity index (χ1v) is 6.29. The van der Waals surface area contributed by atoms with Crippen LogP contribution in [-0.2, 0) is 6.54 Å². The average molecular weight is 251 g/mol. The highest BCUT2D eigenvalue weighted by Gasteiger charge is 2.10. The Bertz CT molecular complexity index is 484. The topological polar surface area (TPSA) is 32.3 Å². The molecule has 0 saturated heterocycles. The fourth-order valence-electron chi connectivity index (χ4n) is 1.66. The van der Waals surface area contributed by atoms with E-state index in [0.717, 1.165) is 12.6 Å². The van der Waals surface area contributed by atoms with E-state index in [1.165, 1.54) is 10.9 Å². The van der Waals surface area contributed by atoms with Gasteiger partial charge in [-0.25, -0.2) is 4.39 Å². The third-order valence-corrected chi connectivity index (χ3v) is 3.50. The van der Waals surface area contributed by atoms with Gasteiger partial charge in [-0.15, -0.1) is 11.3 Å². The lowest BCUT2D eigenvalue weighted by Gasteiger charge is -2.15. The van der Waals surface area contributed by atoms with Crippen LogP contribution in [0, 0.1) is 5.82 Å². The van der Waals surface area contributed by atoms with E-state index >= 15 is 0 Å². The molecule has 1 unspecified atom stereocenters. The smallest absolute Gasteiger partial charge is 0.126 e. The number of benzene rings is 1. The molecule has 0 bridgehead atoms. The molecule has 1 heterocycles. The maximum atomic E-state index is 12.8. The summed E-state index contributed by atoms with van der Waals surface area (Å²) >= 11 is 1.68. The Balaban J connectivity index is 2.01. The van der Waals surface area contributed by atoms with E-state index in [4.69, 9.17) is 0 Å². The third-order valence-electron chi connectivity index (χ3n) is 2.62. The van der Waals surface area contributed by atoms with Gasteiger partial charge in [-0.2, -0.15) is 0 Å². The fourth-order valence-corrected chi connectivity index (χ4v) is 2.32. The quantitative estimate of drug-likeness (QED) is 0.872. The normalized spacial score (nSPS) is 12.6. The molecule has 1 atom stereocenters. The first kappa shape index (κ1) is 12.1. The number of hydrogen-bond acceptors (Lipinski definition) is 3. The van der Waals surface area contributed by atoms with Gasteiger partial charge in [-0.1, -0.05) is 12.1 Å². The molecule has 0 spiro atoms. The minimum absolute atomic E-state index is 0.00354. The van der Waals surface area contributed by atoms with Gasteiger partial charge in [0.1, 0.15) is 11.6 Å². The lowest BCUT2D eigenvalue weighted by atomic mass is 10.1. The summed E-state index contributed by atoms with van der Waals surface area (Å²) in [6.45, 7) is 2.69. The van der Waals surface area contributed by atoms with Crippen LogP contribution in [0.4, 0.5) is 4.39 Å². The van der Waals surface area contributed by atoms with Crippen LogP contribution < -0.4 is 5.32 Å². The van der Waals surface area contributed by atoms with Crippen molar-refractivity contribution in [2.24, 2.45) is 0 Å². The van der Waals surface area contributed by atoms with Crippen LogP contribution in [0.15, 0.2) is 35.7 Å². The number of halogens is 1. The van der Waals surface area contributed by atoms with Crippen molar-refractivity contribution in [3.05, 3.63) is 52.0 Å². The van der Waals surface area contributed by atoms with E-state index in [9.17, 15) is 9.50 Å². The Morgan fingerprint density at radius 3 is 2.88 bits per heavy atom. The Morgan fingerprint density at radius 1 is 1.41 bits per heavy atom.